The van der Waals surface area contributed by atoms with Gasteiger partial charge in [0.25, 0.3) is 5.91 Å². The smallest absolute Gasteiger partial charge is 0.270 e. The van der Waals surface area contributed by atoms with E-state index in [1.807, 2.05) is 66.3 Å². The summed E-state index contributed by atoms with van der Waals surface area (Å²) < 4.78 is 3.71. The Kier molecular flexibility index (Phi) is 4.79. The summed E-state index contributed by atoms with van der Waals surface area (Å²) in [6.45, 7) is 2.78. The average molecular weight is 322 g/mol. The molecule has 0 saturated carbocycles. The molecule has 5 heteroatoms. The van der Waals surface area contributed by atoms with Crippen LogP contribution in [-0.4, -0.2) is 26.8 Å². The molecule has 5 nitrogen and oxygen atoms in total. The van der Waals surface area contributed by atoms with Crippen LogP contribution in [0.3, 0.4) is 0 Å². The Bertz CT molecular complexity index is 817. The second-order valence-corrected chi connectivity index (χ2v) is 5.78. The van der Waals surface area contributed by atoms with E-state index in [1.54, 1.807) is 4.68 Å². The summed E-state index contributed by atoms with van der Waals surface area (Å²) in [5, 5.41) is 7.64. The molecular weight excluding hydrogens is 300 g/mol. The second-order valence-electron chi connectivity index (χ2n) is 5.78. The Morgan fingerprint density at radius 2 is 1.96 bits per heavy atom. The molecule has 0 saturated heterocycles. The normalized spacial score (nSPS) is 10.8. The predicted octanol–water partition coefficient (Wildman–Crippen LogP) is 3.41. The first kappa shape index (κ1) is 16.1. The lowest BCUT2D eigenvalue weighted by Gasteiger charge is -2.07. The van der Waals surface area contributed by atoms with E-state index in [1.165, 1.54) is 0 Å². The highest BCUT2D eigenvalue weighted by atomic mass is 16.2. The van der Waals surface area contributed by atoms with E-state index in [0.717, 1.165) is 29.9 Å². The highest BCUT2D eigenvalue weighted by molar-refractivity contribution is 5.94. The van der Waals surface area contributed by atoms with E-state index in [9.17, 15) is 4.79 Å². The van der Waals surface area contributed by atoms with E-state index in [4.69, 9.17) is 0 Å². The van der Waals surface area contributed by atoms with Gasteiger partial charge in [0.05, 0.1) is 11.4 Å². The van der Waals surface area contributed by atoms with Gasteiger partial charge in [0, 0.05) is 19.8 Å². The fraction of sp³-hybridized carbons (Fsp3) is 0.263. The molecule has 0 atom stereocenters. The van der Waals surface area contributed by atoms with Gasteiger partial charge in [-0.15, -0.1) is 0 Å². The Balaban J connectivity index is 2.00. The molecule has 1 aromatic carbocycles. The van der Waals surface area contributed by atoms with Gasteiger partial charge in [-0.3, -0.25) is 4.79 Å². The molecule has 3 rings (SSSR count). The minimum atomic E-state index is -0.0970. The predicted molar refractivity (Wildman–Crippen MR) is 95.2 cm³/mol. The van der Waals surface area contributed by atoms with E-state index >= 15 is 0 Å². The maximum atomic E-state index is 12.6. The summed E-state index contributed by atoms with van der Waals surface area (Å²) in [6, 6.07) is 15.6. The fourth-order valence-electron chi connectivity index (χ4n) is 2.63. The summed E-state index contributed by atoms with van der Waals surface area (Å²) in [6.07, 6.45) is 3.99. The highest BCUT2D eigenvalue weighted by Gasteiger charge is 2.18. The van der Waals surface area contributed by atoms with Crippen LogP contribution in [0.25, 0.3) is 17.1 Å². The van der Waals surface area contributed by atoms with Gasteiger partial charge in [-0.2, -0.15) is 5.10 Å². The van der Waals surface area contributed by atoms with Gasteiger partial charge in [0.1, 0.15) is 11.4 Å². The summed E-state index contributed by atoms with van der Waals surface area (Å²) in [4.78, 5) is 12.6. The van der Waals surface area contributed by atoms with Crippen LogP contribution in [-0.2, 0) is 7.05 Å². The van der Waals surface area contributed by atoms with Crippen molar-refractivity contribution in [1.29, 1.82) is 0 Å². The number of nitrogens with zero attached hydrogens (tertiary/aromatic N) is 3. The van der Waals surface area contributed by atoms with Crippen LogP contribution in [0, 0.1) is 0 Å². The van der Waals surface area contributed by atoms with Crippen LogP contribution >= 0.6 is 0 Å². The van der Waals surface area contributed by atoms with Crippen molar-refractivity contribution in [3.63, 3.8) is 0 Å². The third-order valence-electron chi connectivity index (χ3n) is 3.96. The molecule has 0 fully saturated rings. The Labute approximate surface area is 141 Å². The van der Waals surface area contributed by atoms with Crippen molar-refractivity contribution in [2.45, 2.75) is 19.8 Å². The summed E-state index contributed by atoms with van der Waals surface area (Å²) in [7, 11) is 1.97. The van der Waals surface area contributed by atoms with Gasteiger partial charge in [0.15, 0.2) is 0 Å². The number of aryl methyl sites for hydroxylation is 1. The highest BCUT2D eigenvalue weighted by Crippen LogP contribution is 2.21. The van der Waals surface area contributed by atoms with Crippen molar-refractivity contribution in [3.8, 4) is 17.1 Å². The van der Waals surface area contributed by atoms with Gasteiger partial charge in [-0.25, -0.2) is 4.68 Å². The zero-order chi connectivity index (χ0) is 16.9. The average Bonchev–Trinajstić information content (AvgIpc) is 3.22. The van der Waals surface area contributed by atoms with Crippen molar-refractivity contribution < 1.29 is 4.79 Å². The topological polar surface area (TPSA) is 51.9 Å². The number of hydrogen-bond acceptors (Lipinski definition) is 2. The standard InChI is InChI=1S/C19H22N4O/c1-3-4-12-20-19(24)18-14-16(17-11-8-13-22(17)2)21-23(18)15-9-6-5-7-10-15/h5-11,13-14H,3-4,12H2,1-2H3,(H,20,24). The third-order valence-corrected chi connectivity index (χ3v) is 3.96. The number of benzene rings is 1. The van der Waals surface area contributed by atoms with Gasteiger partial charge < -0.3 is 9.88 Å². The Morgan fingerprint density at radius 3 is 2.62 bits per heavy atom. The van der Waals surface area contributed by atoms with Crippen LogP contribution in [0.15, 0.2) is 54.7 Å². The molecule has 0 unspecified atom stereocenters. The number of nitrogens with one attached hydrogen (secondary N) is 1. The summed E-state index contributed by atoms with van der Waals surface area (Å²) in [5.74, 6) is -0.0970. The SMILES string of the molecule is CCCCNC(=O)c1cc(-c2cccn2C)nn1-c1ccccc1. The lowest BCUT2D eigenvalue weighted by Crippen LogP contribution is -2.26. The molecule has 0 spiro atoms. The molecule has 1 amide bonds. The molecule has 0 bridgehead atoms. The van der Waals surface area contributed by atoms with Crippen molar-refractivity contribution >= 4 is 5.91 Å². The van der Waals surface area contributed by atoms with Gasteiger partial charge in [-0.05, 0) is 36.8 Å². The molecule has 0 aliphatic rings. The second kappa shape index (κ2) is 7.17. The molecule has 1 N–H and O–H groups in total. The maximum absolute atomic E-state index is 12.6. The summed E-state index contributed by atoms with van der Waals surface area (Å²) in [5.41, 5.74) is 3.19. The Morgan fingerprint density at radius 1 is 1.17 bits per heavy atom. The number of para-hydroxylation sites is 1. The number of aromatic nitrogens is 3. The minimum Gasteiger partial charge on any atom is -0.351 e. The van der Waals surface area contributed by atoms with Crippen LogP contribution in [0.4, 0.5) is 0 Å². The molecule has 2 heterocycles. The summed E-state index contributed by atoms with van der Waals surface area (Å²) >= 11 is 0. The number of carbonyl (C=O) groups is 1. The number of rotatable bonds is 6. The van der Waals surface area contributed by atoms with Gasteiger partial charge in [-0.1, -0.05) is 31.5 Å². The first-order valence-corrected chi connectivity index (χ1v) is 8.26. The molecule has 3 aromatic rings. The molecule has 124 valence electrons. The van der Waals surface area contributed by atoms with E-state index in [2.05, 4.69) is 17.3 Å². The fourth-order valence-corrected chi connectivity index (χ4v) is 2.63. The van der Waals surface area contributed by atoms with Crippen molar-refractivity contribution in [3.05, 3.63) is 60.4 Å². The number of amides is 1. The lowest BCUT2D eigenvalue weighted by molar-refractivity contribution is 0.0945. The van der Waals surface area contributed by atoms with Crippen molar-refractivity contribution in [2.75, 3.05) is 6.54 Å². The van der Waals surface area contributed by atoms with E-state index in [-0.39, 0.29) is 5.91 Å². The first-order valence-electron chi connectivity index (χ1n) is 8.26. The zero-order valence-electron chi connectivity index (χ0n) is 14.1. The monoisotopic (exact) mass is 322 g/mol. The molecule has 0 radical (unpaired) electrons. The van der Waals surface area contributed by atoms with Crippen LogP contribution in [0.1, 0.15) is 30.3 Å². The van der Waals surface area contributed by atoms with Gasteiger partial charge in [0.2, 0.25) is 0 Å². The van der Waals surface area contributed by atoms with E-state index in [0.29, 0.717) is 12.2 Å². The maximum Gasteiger partial charge on any atom is 0.270 e. The van der Waals surface area contributed by atoms with Crippen molar-refractivity contribution in [1.82, 2.24) is 19.7 Å². The van der Waals surface area contributed by atoms with Crippen LogP contribution in [0.2, 0.25) is 0 Å². The first-order chi connectivity index (χ1) is 11.7. The lowest BCUT2D eigenvalue weighted by atomic mass is 10.2. The molecular formula is C19H22N4O. The van der Waals surface area contributed by atoms with Gasteiger partial charge >= 0.3 is 0 Å². The van der Waals surface area contributed by atoms with E-state index < -0.39 is 0 Å². The largest absolute Gasteiger partial charge is 0.351 e. The molecule has 0 aliphatic carbocycles. The number of hydrogen-bond donors (Lipinski definition) is 1. The van der Waals surface area contributed by atoms with Crippen LogP contribution < -0.4 is 5.32 Å². The molecule has 2 aromatic heterocycles. The van der Waals surface area contributed by atoms with Crippen molar-refractivity contribution in [2.24, 2.45) is 7.05 Å². The molecule has 0 aliphatic heterocycles. The molecule has 24 heavy (non-hydrogen) atoms. The minimum absolute atomic E-state index is 0.0970. The van der Waals surface area contributed by atoms with Crippen LogP contribution in [0.5, 0.6) is 0 Å². The third kappa shape index (κ3) is 3.25. The Hall–Kier alpha value is -2.82. The zero-order valence-corrected chi connectivity index (χ0v) is 14.1. The quantitative estimate of drug-likeness (QED) is 0.707. The number of carbonyl (C=O) groups excluding carboxylic acids is 1. The number of unbranched alkanes of at least 4 members (excludes halogenated alkanes) is 1.